The van der Waals surface area contributed by atoms with Gasteiger partial charge in [0, 0.05) is 18.7 Å². The fourth-order valence-corrected chi connectivity index (χ4v) is 3.42. The molecule has 3 N–H and O–H groups in total. The van der Waals surface area contributed by atoms with Crippen molar-refractivity contribution < 1.29 is 19.8 Å². The number of carbonyl (C=O) groups is 2. The Morgan fingerprint density at radius 2 is 1.89 bits per heavy atom. The maximum atomic E-state index is 12.5. The molecule has 6 nitrogen and oxygen atoms in total. The second-order valence-corrected chi connectivity index (χ2v) is 6.79. The van der Waals surface area contributed by atoms with E-state index in [1.807, 2.05) is 53.4 Å². The molecule has 0 saturated carbocycles. The lowest BCUT2D eigenvalue weighted by Crippen LogP contribution is -2.47. The average Bonchev–Trinajstić information content (AvgIpc) is 2.68. The molecule has 1 amide bonds. The molecule has 0 fully saturated rings. The minimum Gasteiger partial charge on any atom is -0.480 e. The number of aliphatic carboxylic acids is 1. The Morgan fingerprint density at radius 1 is 1.11 bits per heavy atom. The molecule has 6 heteroatoms. The van der Waals surface area contributed by atoms with Crippen LogP contribution in [0.25, 0.3) is 0 Å². The number of aryl methyl sites for hydroxylation is 1. The third kappa shape index (κ3) is 4.86. The van der Waals surface area contributed by atoms with Crippen LogP contribution in [0.3, 0.4) is 0 Å². The van der Waals surface area contributed by atoms with Crippen LogP contribution in [0.4, 0.5) is 5.69 Å². The van der Waals surface area contributed by atoms with E-state index < -0.39 is 12.0 Å². The van der Waals surface area contributed by atoms with Gasteiger partial charge < -0.3 is 20.4 Å². The number of fused-ring (bicyclic) bond motifs is 1. The normalized spacial score (nSPS) is 14.3. The highest BCUT2D eigenvalue weighted by Gasteiger charge is 2.24. The van der Waals surface area contributed by atoms with E-state index in [0.29, 0.717) is 0 Å². The highest BCUT2D eigenvalue weighted by Crippen LogP contribution is 2.28. The molecule has 0 radical (unpaired) electrons. The van der Waals surface area contributed by atoms with Crippen LogP contribution in [-0.2, 0) is 29.0 Å². The van der Waals surface area contributed by atoms with Crippen LogP contribution in [-0.4, -0.2) is 41.2 Å². The van der Waals surface area contributed by atoms with E-state index in [-0.39, 0.29) is 25.5 Å². The Bertz CT molecular complexity index is 807. The van der Waals surface area contributed by atoms with Crippen molar-refractivity contribution >= 4 is 17.6 Å². The van der Waals surface area contributed by atoms with Crippen LogP contribution < -0.4 is 10.2 Å². The van der Waals surface area contributed by atoms with Crippen molar-refractivity contribution in [3.05, 3.63) is 65.2 Å². The first kappa shape index (κ1) is 18.9. The summed E-state index contributed by atoms with van der Waals surface area (Å²) >= 11 is 0. The molecule has 2 aromatic carbocycles. The molecule has 27 heavy (non-hydrogen) atoms. The number of aliphatic hydroxyl groups is 1. The standard InChI is InChI=1S/C21H24N2O4/c24-14-16-8-9-17-7-4-10-23(19(17)12-16)13-20(25)22-18(21(26)27)11-15-5-2-1-3-6-15/h1-3,5-6,8-9,12,18,24H,4,7,10-11,13-14H2,(H,22,25)(H,26,27)/t18-/m1/s1. The number of carboxylic acid groups (broad SMARTS) is 1. The first-order valence-electron chi connectivity index (χ1n) is 9.10. The second kappa shape index (κ2) is 8.68. The Labute approximate surface area is 158 Å². The van der Waals surface area contributed by atoms with E-state index in [2.05, 4.69) is 5.32 Å². The summed E-state index contributed by atoms with van der Waals surface area (Å²) in [6, 6.07) is 14.1. The van der Waals surface area contributed by atoms with Gasteiger partial charge in [0.2, 0.25) is 5.91 Å². The molecular formula is C21H24N2O4. The van der Waals surface area contributed by atoms with E-state index in [9.17, 15) is 19.8 Å². The van der Waals surface area contributed by atoms with E-state index in [1.165, 1.54) is 0 Å². The Balaban J connectivity index is 1.67. The summed E-state index contributed by atoms with van der Waals surface area (Å²) in [5.41, 5.74) is 3.75. The summed E-state index contributed by atoms with van der Waals surface area (Å²) < 4.78 is 0. The number of nitrogens with zero attached hydrogens (tertiary/aromatic N) is 1. The van der Waals surface area contributed by atoms with Gasteiger partial charge in [0.25, 0.3) is 0 Å². The van der Waals surface area contributed by atoms with Crippen molar-refractivity contribution in [2.75, 3.05) is 18.0 Å². The SMILES string of the molecule is O=C(CN1CCCc2ccc(CO)cc21)N[C@H](Cc1ccccc1)C(=O)O. The highest BCUT2D eigenvalue weighted by atomic mass is 16.4. The van der Waals surface area contributed by atoms with E-state index in [1.54, 1.807) is 0 Å². The van der Waals surface area contributed by atoms with Crippen molar-refractivity contribution in [1.82, 2.24) is 5.32 Å². The first-order chi connectivity index (χ1) is 13.1. The lowest BCUT2D eigenvalue weighted by molar-refractivity contribution is -0.141. The van der Waals surface area contributed by atoms with Crippen LogP contribution in [0.2, 0.25) is 0 Å². The number of rotatable bonds is 7. The zero-order valence-electron chi connectivity index (χ0n) is 15.1. The van der Waals surface area contributed by atoms with Gasteiger partial charge in [0.15, 0.2) is 0 Å². The quantitative estimate of drug-likeness (QED) is 0.693. The van der Waals surface area contributed by atoms with Gasteiger partial charge in [0.05, 0.1) is 13.2 Å². The molecular weight excluding hydrogens is 344 g/mol. The first-order valence-corrected chi connectivity index (χ1v) is 9.10. The van der Waals surface area contributed by atoms with Crippen molar-refractivity contribution in [3.8, 4) is 0 Å². The third-order valence-electron chi connectivity index (χ3n) is 4.80. The molecule has 0 aliphatic carbocycles. The number of aliphatic hydroxyl groups excluding tert-OH is 1. The molecule has 2 aromatic rings. The smallest absolute Gasteiger partial charge is 0.326 e. The van der Waals surface area contributed by atoms with E-state index in [0.717, 1.165) is 41.8 Å². The van der Waals surface area contributed by atoms with Crippen LogP contribution in [0.15, 0.2) is 48.5 Å². The van der Waals surface area contributed by atoms with Crippen LogP contribution >= 0.6 is 0 Å². The van der Waals surface area contributed by atoms with Gasteiger partial charge in [-0.2, -0.15) is 0 Å². The molecule has 142 valence electrons. The number of nitrogens with one attached hydrogen (secondary N) is 1. The lowest BCUT2D eigenvalue weighted by atomic mass is 9.99. The zero-order valence-corrected chi connectivity index (χ0v) is 15.1. The van der Waals surface area contributed by atoms with Gasteiger partial charge in [-0.05, 0) is 35.6 Å². The Kier molecular flexibility index (Phi) is 6.08. The Hall–Kier alpha value is -2.86. The van der Waals surface area contributed by atoms with E-state index in [4.69, 9.17) is 0 Å². The fourth-order valence-electron chi connectivity index (χ4n) is 3.42. The summed E-state index contributed by atoms with van der Waals surface area (Å²) in [5.74, 6) is -1.37. The minimum absolute atomic E-state index is 0.0501. The number of carbonyl (C=O) groups excluding carboxylic acids is 1. The number of hydrogen-bond acceptors (Lipinski definition) is 4. The maximum Gasteiger partial charge on any atom is 0.326 e. The van der Waals surface area contributed by atoms with Crippen LogP contribution in [0.5, 0.6) is 0 Å². The van der Waals surface area contributed by atoms with Crippen LogP contribution in [0.1, 0.15) is 23.1 Å². The predicted octanol–water partition coefficient (Wildman–Crippen LogP) is 1.74. The zero-order chi connectivity index (χ0) is 19.2. The minimum atomic E-state index is -1.05. The molecule has 1 atom stereocenters. The Morgan fingerprint density at radius 3 is 2.59 bits per heavy atom. The van der Waals surface area contributed by atoms with Gasteiger partial charge in [-0.25, -0.2) is 4.79 Å². The lowest BCUT2D eigenvalue weighted by Gasteiger charge is -2.31. The summed E-state index contributed by atoms with van der Waals surface area (Å²) in [6.07, 6.45) is 2.11. The predicted molar refractivity (Wildman–Crippen MR) is 103 cm³/mol. The number of carboxylic acids is 1. The topological polar surface area (TPSA) is 89.9 Å². The molecule has 3 rings (SSSR count). The van der Waals surface area contributed by atoms with E-state index >= 15 is 0 Å². The molecule has 0 unspecified atom stereocenters. The molecule has 0 aromatic heterocycles. The largest absolute Gasteiger partial charge is 0.480 e. The van der Waals surface area contributed by atoms with Crippen molar-refractivity contribution in [3.63, 3.8) is 0 Å². The summed E-state index contributed by atoms with van der Waals surface area (Å²) in [5, 5.41) is 21.5. The molecule has 1 heterocycles. The monoisotopic (exact) mass is 368 g/mol. The fraction of sp³-hybridized carbons (Fsp3) is 0.333. The average molecular weight is 368 g/mol. The van der Waals surface area contributed by atoms with Gasteiger partial charge in [0.1, 0.15) is 6.04 Å². The van der Waals surface area contributed by atoms with Gasteiger partial charge in [-0.15, -0.1) is 0 Å². The molecule has 1 aliphatic heterocycles. The van der Waals surface area contributed by atoms with Crippen molar-refractivity contribution in [2.24, 2.45) is 0 Å². The summed E-state index contributed by atoms with van der Waals surface area (Å²) in [6.45, 7) is 0.775. The number of hydrogen-bond donors (Lipinski definition) is 3. The molecule has 0 saturated heterocycles. The van der Waals surface area contributed by atoms with Gasteiger partial charge in [-0.3, -0.25) is 4.79 Å². The second-order valence-electron chi connectivity index (χ2n) is 6.79. The number of amides is 1. The van der Waals surface area contributed by atoms with Gasteiger partial charge in [-0.1, -0.05) is 42.5 Å². The highest BCUT2D eigenvalue weighted by molar-refractivity contribution is 5.87. The number of benzene rings is 2. The summed E-state index contributed by atoms with van der Waals surface area (Å²) in [4.78, 5) is 26.0. The van der Waals surface area contributed by atoms with Gasteiger partial charge >= 0.3 is 5.97 Å². The number of anilines is 1. The molecule has 0 bridgehead atoms. The van der Waals surface area contributed by atoms with Crippen molar-refractivity contribution in [2.45, 2.75) is 31.9 Å². The maximum absolute atomic E-state index is 12.5. The van der Waals surface area contributed by atoms with Crippen LogP contribution in [0, 0.1) is 0 Å². The molecule has 1 aliphatic rings. The van der Waals surface area contributed by atoms with Crippen molar-refractivity contribution in [1.29, 1.82) is 0 Å². The third-order valence-corrected chi connectivity index (χ3v) is 4.80. The summed E-state index contributed by atoms with van der Waals surface area (Å²) in [7, 11) is 0. The molecule has 0 spiro atoms.